The summed E-state index contributed by atoms with van der Waals surface area (Å²) in [7, 11) is 1.59. The van der Waals surface area contributed by atoms with E-state index >= 15 is 0 Å². The van der Waals surface area contributed by atoms with Crippen molar-refractivity contribution in [1.29, 1.82) is 0 Å². The summed E-state index contributed by atoms with van der Waals surface area (Å²) < 4.78 is 6.59. The highest BCUT2D eigenvalue weighted by molar-refractivity contribution is 5.92. The highest BCUT2D eigenvalue weighted by Crippen LogP contribution is 2.38. The lowest BCUT2D eigenvalue weighted by atomic mass is 10.4. The molecule has 1 aliphatic carbocycles. The van der Waals surface area contributed by atoms with Crippen LogP contribution in [0, 0.1) is 0 Å². The predicted molar refractivity (Wildman–Crippen MR) is 73.9 cm³/mol. The average molecular weight is 275 g/mol. The topological polar surface area (TPSA) is 80.5 Å². The lowest BCUT2D eigenvalue weighted by molar-refractivity contribution is 0.198. The van der Waals surface area contributed by atoms with Gasteiger partial charge >= 0.3 is 6.03 Å². The first-order chi connectivity index (χ1) is 9.78. The number of anilines is 1. The van der Waals surface area contributed by atoms with Crippen LogP contribution in [0.5, 0.6) is 0 Å². The summed E-state index contributed by atoms with van der Waals surface area (Å²) in [6, 6.07) is 3.38. The van der Waals surface area contributed by atoms with Crippen LogP contribution in [-0.4, -0.2) is 40.9 Å². The summed E-state index contributed by atoms with van der Waals surface area (Å²) in [4.78, 5) is 16.3. The van der Waals surface area contributed by atoms with E-state index in [1.165, 1.54) is 0 Å². The van der Waals surface area contributed by atoms with Crippen molar-refractivity contribution in [2.24, 2.45) is 0 Å². The van der Waals surface area contributed by atoms with E-state index in [9.17, 15) is 4.79 Å². The van der Waals surface area contributed by atoms with Gasteiger partial charge in [-0.15, -0.1) is 0 Å². The molecule has 2 amide bonds. The lowest BCUT2D eigenvalue weighted by Gasteiger charge is -2.07. The van der Waals surface area contributed by atoms with Gasteiger partial charge in [-0.05, 0) is 25.0 Å². The summed E-state index contributed by atoms with van der Waals surface area (Å²) in [5.41, 5.74) is 1.33. The second-order valence-electron chi connectivity index (χ2n) is 4.81. The Morgan fingerprint density at radius 3 is 3.15 bits per heavy atom. The summed E-state index contributed by atoms with van der Waals surface area (Å²) in [6.07, 6.45) is 4.14. The van der Waals surface area contributed by atoms with Crippen LogP contribution < -0.4 is 10.6 Å². The van der Waals surface area contributed by atoms with Gasteiger partial charge in [0.25, 0.3) is 0 Å². The summed E-state index contributed by atoms with van der Waals surface area (Å²) in [6.45, 7) is 0.944. The molecule has 0 aromatic carbocycles. The minimum absolute atomic E-state index is 0.272. The molecule has 2 aromatic heterocycles. The number of methoxy groups -OCH3 is 1. The smallest absolute Gasteiger partial charge is 0.319 e. The average Bonchev–Trinajstić information content (AvgIpc) is 3.19. The maximum Gasteiger partial charge on any atom is 0.319 e. The van der Waals surface area contributed by atoms with E-state index in [4.69, 9.17) is 4.74 Å². The molecule has 0 unspecified atom stereocenters. The van der Waals surface area contributed by atoms with E-state index in [0.717, 1.165) is 18.7 Å². The number of carbonyl (C=O) groups excluding carboxylic acids is 1. The van der Waals surface area contributed by atoms with Crippen LogP contribution in [0.1, 0.15) is 24.6 Å². The SMILES string of the molecule is COCCNC(=O)Nc1cccn2nc(C3CC3)nc12. The van der Waals surface area contributed by atoms with E-state index in [2.05, 4.69) is 20.7 Å². The van der Waals surface area contributed by atoms with Crippen molar-refractivity contribution < 1.29 is 9.53 Å². The first kappa shape index (κ1) is 12.9. The highest BCUT2D eigenvalue weighted by atomic mass is 16.5. The Kier molecular flexibility index (Phi) is 3.51. The van der Waals surface area contributed by atoms with Gasteiger partial charge in [0, 0.05) is 25.8 Å². The van der Waals surface area contributed by atoms with E-state index in [1.807, 2.05) is 18.3 Å². The van der Waals surface area contributed by atoms with Gasteiger partial charge in [-0.3, -0.25) is 0 Å². The Hall–Kier alpha value is -2.15. The fraction of sp³-hybridized carbons (Fsp3) is 0.462. The van der Waals surface area contributed by atoms with E-state index in [1.54, 1.807) is 11.6 Å². The van der Waals surface area contributed by atoms with Crippen LogP contribution in [-0.2, 0) is 4.74 Å². The van der Waals surface area contributed by atoms with Gasteiger partial charge in [0.2, 0.25) is 0 Å². The molecule has 2 aromatic rings. The van der Waals surface area contributed by atoms with Gasteiger partial charge < -0.3 is 15.4 Å². The number of carbonyl (C=O) groups is 1. The Morgan fingerprint density at radius 2 is 2.40 bits per heavy atom. The van der Waals surface area contributed by atoms with Crippen molar-refractivity contribution in [3.05, 3.63) is 24.2 Å². The van der Waals surface area contributed by atoms with Crippen molar-refractivity contribution in [2.45, 2.75) is 18.8 Å². The summed E-state index contributed by atoms with van der Waals surface area (Å²) in [5, 5.41) is 9.93. The third-order valence-corrected chi connectivity index (χ3v) is 3.16. The molecule has 0 radical (unpaired) electrons. The van der Waals surface area contributed by atoms with Crippen molar-refractivity contribution >= 4 is 17.4 Å². The van der Waals surface area contributed by atoms with E-state index in [0.29, 0.717) is 30.4 Å². The molecule has 7 heteroatoms. The van der Waals surface area contributed by atoms with Gasteiger partial charge in [0.05, 0.1) is 12.3 Å². The van der Waals surface area contributed by atoms with Crippen molar-refractivity contribution in [3.8, 4) is 0 Å². The number of aromatic nitrogens is 3. The fourth-order valence-corrected chi connectivity index (χ4v) is 1.97. The monoisotopic (exact) mass is 275 g/mol. The van der Waals surface area contributed by atoms with Crippen LogP contribution in [0.3, 0.4) is 0 Å². The number of hydrogen-bond acceptors (Lipinski definition) is 4. The Morgan fingerprint density at radius 1 is 1.55 bits per heavy atom. The zero-order valence-electron chi connectivity index (χ0n) is 11.3. The second-order valence-corrected chi connectivity index (χ2v) is 4.81. The zero-order chi connectivity index (χ0) is 13.9. The summed E-state index contributed by atoms with van der Waals surface area (Å²) >= 11 is 0. The third-order valence-electron chi connectivity index (χ3n) is 3.16. The largest absolute Gasteiger partial charge is 0.383 e. The predicted octanol–water partition coefficient (Wildman–Crippen LogP) is 1.37. The number of urea groups is 1. The molecule has 1 fully saturated rings. The highest BCUT2D eigenvalue weighted by Gasteiger charge is 2.28. The van der Waals surface area contributed by atoms with Crippen molar-refractivity contribution in [3.63, 3.8) is 0 Å². The molecule has 0 atom stereocenters. The summed E-state index contributed by atoms with van der Waals surface area (Å²) in [5.74, 6) is 1.34. The number of nitrogens with one attached hydrogen (secondary N) is 2. The number of hydrogen-bond donors (Lipinski definition) is 2. The number of fused-ring (bicyclic) bond motifs is 1. The molecule has 1 aliphatic rings. The van der Waals surface area contributed by atoms with E-state index in [-0.39, 0.29) is 6.03 Å². The van der Waals surface area contributed by atoms with Crippen LogP contribution in [0.4, 0.5) is 10.5 Å². The molecule has 2 N–H and O–H groups in total. The Bertz CT molecular complexity index is 620. The fourth-order valence-electron chi connectivity index (χ4n) is 1.97. The van der Waals surface area contributed by atoms with Gasteiger partial charge in [0.1, 0.15) is 0 Å². The molecule has 0 bridgehead atoms. The Balaban J connectivity index is 1.75. The molecular formula is C13H17N5O2. The Labute approximate surface area is 116 Å². The normalized spacial score (nSPS) is 14.4. The number of rotatable bonds is 5. The lowest BCUT2D eigenvalue weighted by Crippen LogP contribution is -2.31. The molecule has 1 saturated carbocycles. The maximum absolute atomic E-state index is 11.7. The van der Waals surface area contributed by atoms with Gasteiger partial charge in [-0.2, -0.15) is 5.10 Å². The molecule has 0 spiro atoms. The zero-order valence-corrected chi connectivity index (χ0v) is 11.3. The first-order valence-electron chi connectivity index (χ1n) is 6.67. The molecule has 106 valence electrons. The van der Waals surface area contributed by atoms with E-state index < -0.39 is 0 Å². The molecule has 7 nitrogen and oxygen atoms in total. The van der Waals surface area contributed by atoms with Gasteiger partial charge in [-0.25, -0.2) is 14.3 Å². The van der Waals surface area contributed by atoms with Crippen LogP contribution in [0.15, 0.2) is 18.3 Å². The molecule has 3 rings (SSSR count). The molecule has 2 heterocycles. The van der Waals surface area contributed by atoms with Gasteiger partial charge in [0.15, 0.2) is 11.5 Å². The van der Waals surface area contributed by atoms with Crippen molar-refractivity contribution in [1.82, 2.24) is 19.9 Å². The first-order valence-corrected chi connectivity index (χ1v) is 6.67. The van der Waals surface area contributed by atoms with Crippen LogP contribution in [0.25, 0.3) is 5.65 Å². The third kappa shape index (κ3) is 2.72. The number of ether oxygens (including phenoxy) is 1. The quantitative estimate of drug-likeness (QED) is 0.808. The molecule has 0 saturated heterocycles. The second kappa shape index (κ2) is 5.46. The number of amides is 2. The number of nitrogens with zero attached hydrogens (tertiary/aromatic N) is 3. The molecule has 0 aliphatic heterocycles. The van der Waals surface area contributed by atoms with Crippen LogP contribution >= 0.6 is 0 Å². The molecular weight excluding hydrogens is 258 g/mol. The molecule has 20 heavy (non-hydrogen) atoms. The van der Waals surface area contributed by atoms with Gasteiger partial charge in [-0.1, -0.05) is 0 Å². The maximum atomic E-state index is 11.7. The minimum Gasteiger partial charge on any atom is -0.383 e. The number of pyridine rings is 1. The standard InChI is InChI=1S/C13H17N5O2/c1-20-8-6-14-13(19)15-10-3-2-7-18-12(10)16-11(17-18)9-4-5-9/h2-3,7,9H,4-6,8H2,1H3,(H2,14,15,19). The minimum atomic E-state index is -0.272. The van der Waals surface area contributed by atoms with Crippen LogP contribution in [0.2, 0.25) is 0 Å². The van der Waals surface area contributed by atoms with Crippen molar-refractivity contribution in [2.75, 3.05) is 25.6 Å².